The molecular formula is C18H17N2+. The predicted octanol–water partition coefficient (Wildman–Crippen LogP) is 3.39. The Balaban J connectivity index is 1.82. The lowest BCUT2D eigenvalue weighted by Gasteiger charge is -2.03. The van der Waals surface area contributed by atoms with Gasteiger partial charge in [-0.25, -0.2) is 4.57 Å². The predicted molar refractivity (Wildman–Crippen MR) is 80.1 cm³/mol. The Bertz CT molecular complexity index is 688. The van der Waals surface area contributed by atoms with Crippen LogP contribution in [0.2, 0.25) is 0 Å². The molecule has 0 fully saturated rings. The molecule has 0 spiro atoms. The van der Waals surface area contributed by atoms with Gasteiger partial charge >= 0.3 is 0 Å². The van der Waals surface area contributed by atoms with Gasteiger partial charge in [-0.1, -0.05) is 24.3 Å². The van der Waals surface area contributed by atoms with Crippen molar-refractivity contribution in [2.45, 2.75) is 13.5 Å². The van der Waals surface area contributed by atoms with Crippen LogP contribution in [-0.4, -0.2) is 4.98 Å². The molecule has 3 aromatic rings. The van der Waals surface area contributed by atoms with E-state index in [1.54, 1.807) is 0 Å². The first-order valence-electron chi connectivity index (χ1n) is 6.77. The van der Waals surface area contributed by atoms with Crippen molar-refractivity contribution in [3.05, 3.63) is 84.4 Å². The molecule has 0 bridgehead atoms. The number of benzene rings is 1. The molecule has 0 amide bonds. The zero-order valence-corrected chi connectivity index (χ0v) is 11.5. The highest BCUT2D eigenvalue weighted by atomic mass is 14.9. The molecule has 0 saturated heterocycles. The summed E-state index contributed by atoms with van der Waals surface area (Å²) in [4.78, 5) is 4.05. The lowest BCUT2D eigenvalue weighted by atomic mass is 10.1. The standard InChI is InChI=1S/C18H17N2/c1-15-4-2-3-5-18(15)14-20-12-8-17(9-13-20)16-6-10-19-11-7-16/h2-13H,14H2,1H3/q+1. The van der Waals surface area contributed by atoms with E-state index in [1.807, 2.05) is 24.5 Å². The lowest BCUT2D eigenvalue weighted by molar-refractivity contribution is -0.688. The summed E-state index contributed by atoms with van der Waals surface area (Å²) in [7, 11) is 0. The van der Waals surface area contributed by atoms with Crippen LogP contribution >= 0.6 is 0 Å². The number of pyridine rings is 2. The molecule has 3 rings (SSSR count). The molecule has 0 unspecified atom stereocenters. The van der Waals surface area contributed by atoms with Crippen LogP contribution in [0.5, 0.6) is 0 Å². The maximum absolute atomic E-state index is 4.05. The van der Waals surface area contributed by atoms with Crippen molar-refractivity contribution in [1.82, 2.24) is 4.98 Å². The van der Waals surface area contributed by atoms with Crippen molar-refractivity contribution < 1.29 is 4.57 Å². The lowest BCUT2D eigenvalue weighted by Crippen LogP contribution is -2.33. The van der Waals surface area contributed by atoms with Gasteiger partial charge in [0.1, 0.15) is 0 Å². The highest BCUT2D eigenvalue weighted by Crippen LogP contribution is 2.16. The molecule has 2 nitrogen and oxygen atoms in total. The van der Waals surface area contributed by atoms with Gasteiger partial charge in [0.25, 0.3) is 0 Å². The fourth-order valence-electron chi connectivity index (χ4n) is 2.28. The molecule has 20 heavy (non-hydrogen) atoms. The molecule has 0 aliphatic carbocycles. The molecule has 0 radical (unpaired) electrons. The van der Waals surface area contributed by atoms with Crippen molar-refractivity contribution in [2.24, 2.45) is 0 Å². The van der Waals surface area contributed by atoms with Gasteiger partial charge in [-0.2, -0.15) is 0 Å². The minimum absolute atomic E-state index is 0.906. The number of hydrogen-bond acceptors (Lipinski definition) is 1. The first-order valence-corrected chi connectivity index (χ1v) is 6.77. The van der Waals surface area contributed by atoms with E-state index in [4.69, 9.17) is 0 Å². The SMILES string of the molecule is Cc1ccccc1C[n+]1ccc(-c2ccncc2)cc1. The van der Waals surface area contributed by atoms with Gasteiger partial charge in [0, 0.05) is 30.1 Å². The van der Waals surface area contributed by atoms with Gasteiger partial charge in [0.05, 0.1) is 0 Å². The van der Waals surface area contributed by atoms with Gasteiger partial charge in [0.2, 0.25) is 0 Å². The molecule has 0 aliphatic heterocycles. The second kappa shape index (κ2) is 5.66. The van der Waals surface area contributed by atoms with Gasteiger partial charge in [-0.3, -0.25) is 4.98 Å². The summed E-state index contributed by atoms with van der Waals surface area (Å²) in [6, 6.07) is 16.9. The third-order valence-corrected chi connectivity index (χ3v) is 3.52. The fraction of sp³-hybridized carbons (Fsp3) is 0.111. The summed E-state index contributed by atoms with van der Waals surface area (Å²) >= 11 is 0. The third-order valence-electron chi connectivity index (χ3n) is 3.52. The summed E-state index contributed by atoms with van der Waals surface area (Å²) < 4.78 is 2.20. The van der Waals surface area contributed by atoms with Gasteiger partial charge in [-0.15, -0.1) is 0 Å². The zero-order valence-electron chi connectivity index (χ0n) is 11.5. The number of hydrogen-bond donors (Lipinski definition) is 0. The largest absolute Gasteiger partial charge is 0.265 e. The molecule has 1 aromatic carbocycles. The number of rotatable bonds is 3. The topological polar surface area (TPSA) is 16.8 Å². The van der Waals surface area contributed by atoms with E-state index in [0.29, 0.717) is 0 Å². The molecule has 0 aliphatic rings. The summed E-state index contributed by atoms with van der Waals surface area (Å²) in [5.74, 6) is 0. The van der Waals surface area contributed by atoms with Crippen LogP contribution in [-0.2, 0) is 6.54 Å². The number of aryl methyl sites for hydroxylation is 1. The Morgan fingerprint density at radius 3 is 2.20 bits per heavy atom. The van der Waals surface area contributed by atoms with E-state index in [1.165, 1.54) is 22.3 Å². The van der Waals surface area contributed by atoms with Crippen LogP contribution in [0, 0.1) is 6.92 Å². The Hall–Kier alpha value is -2.48. The maximum atomic E-state index is 4.05. The first kappa shape index (κ1) is 12.5. The molecule has 98 valence electrons. The van der Waals surface area contributed by atoms with Crippen molar-refractivity contribution in [3.8, 4) is 11.1 Å². The van der Waals surface area contributed by atoms with Crippen molar-refractivity contribution in [2.75, 3.05) is 0 Å². The Labute approximate surface area is 119 Å². The van der Waals surface area contributed by atoms with Crippen LogP contribution in [0.3, 0.4) is 0 Å². The van der Waals surface area contributed by atoms with E-state index < -0.39 is 0 Å². The second-order valence-electron chi connectivity index (χ2n) is 4.92. The van der Waals surface area contributed by atoms with E-state index in [9.17, 15) is 0 Å². The average molecular weight is 261 g/mol. The maximum Gasteiger partial charge on any atom is 0.174 e. The first-order chi connectivity index (χ1) is 9.83. The summed E-state index contributed by atoms with van der Waals surface area (Å²) in [5, 5.41) is 0. The molecule has 2 heteroatoms. The van der Waals surface area contributed by atoms with Crippen LogP contribution in [0.1, 0.15) is 11.1 Å². The Morgan fingerprint density at radius 1 is 0.850 bits per heavy atom. The summed E-state index contributed by atoms with van der Waals surface area (Å²) in [5.41, 5.74) is 5.10. The fourth-order valence-corrected chi connectivity index (χ4v) is 2.28. The Kier molecular flexibility index (Phi) is 3.55. The molecular weight excluding hydrogens is 244 g/mol. The number of nitrogens with zero attached hydrogens (tertiary/aromatic N) is 2. The second-order valence-corrected chi connectivity index (χ2v) is 4.92. The van der Waals surface area contributed by atoms with Gasteiger partial charge in [0.15, 0.2) is 18.9 Å². The molecule has 0 N–H and O–H groups in total. The van der Waals surface area contributed by atoms with E-state index >= 15 is 0 Å². The van der Waals surface area contributed by atoms with Crippen LogP contribution in [0.25, 0.3) is 11.1 Å². The van der Waals surface area contributed by atoms with Gasteiger partial charge < -0.3 is 0 Å². The van der Waals surface area contributed by atoms with E-state index in [2.05, 4.69) is 65.3 Å². The molecule has 0 saturated carbocycles. The monoisotopic (exact) mass is 261 g/mol. The minimum Gasteiger partial charge on any atom is -0.265 e. The van der Waals surface area contributed by atoms with Crippen molar-refractivity contribution >= 4 is 0 Å². The zero-order chi connectivity index (χ0) is 13.8. The average Bonchev–Trinajstić information content (AvgIpc) is 2.51. The molecule has 2 aromatic heterocycles. The van der Waals surface area contributed by atoms with Crippen LogP contribution in [0.4, 0.5) is 0 Å². The third kappa shape index (κ3) is 2.75. The van der Waals surface area contributed by atoms with Crippen LogP contribution < -0.4 is 4.57 Å². The highest BCUT2D eigenvalue weighted by Gasteiger charge is 2.05. The minimum atomic E-state index is 0.906. The Morgan fingerprint density at radius 2 is 1.50 bits per heavy atom. The van der Waals surface area contributed by atoms with Crippen LogP contribution in [0.15, 0.2) is 73.3 Å². The number of aromatic nitrogens is 2. The quantitative estimate of drug-likeness (QED) is 0.660. The van der Waals surface area contributed by atoms with E-state index in [-0.39, 0.29) is 0 Å². The summed E-state index contributed by atoms with van der Waals surface area (Å²) in [6.07, 6.45) is 7.90. The molecule has 2 heterocycles. The van der Waals surface area contributed by atoms with Crippen molar-refractivity contribution in [1.29, 1.82) is 0 Å². The van der Waals surface area contributed by atoms with E-state index in [0.717, 1.165) is 6.54 Å². The van der Waals surface area contributed by atoms with Gasteiger partial charge in [-0.05, 0) is 35.7 Å². The highest BCUT2D eigenvalue weighted by molar-refractivity contribution is 5.61. The van der Waals surface area contributed by atoms with Crippen molar-refractivity contribution in [3.63, 3.8) is 0 Å². The smallest absolute Gasteiger partial charge is 0.174 e. The molecule has 0 atom stereocenters. The summed E-state index contributed by atoms with van der Waals surface area (Å²) in [6.45, 7) is 3.06. The normalized spacial score (nSPS) is 10.4.